The van der Waals surface area contributed by atoms with Gasteiger partial charge in [0.25, 0.3) is 10.0 Å². The fourth-order valence-corrected chi connectivity index (χ4v) is 4.08. The molecule has 1 aromatic carbocycles. The van der Waals surface area contributed by atoms with Crippen LogP contribution in [0.1, 0.15) is 57.4 Å². The zero-order valence-electron chi connectivity index (χ0n) is 15.2. The Kier molecular flexibility index (Phi) is 7.41. The molecule has 1 saturated carbocycles. The molecule has 0 bridgehead atoms. The fraction of sp³-hybridized carbons (Fsp3) is 0.524. The molecule has 134 valence electrons. The van der Waals surface area contributed by atoms with Gasteiger partial charge in [0.15, 0.2) is 0 Å². The Bertz CT molecular complexity index is 767. The van der Waals surface area contributed by atoms with E-state index in [1.165, 1.54) is 36.4 Å². The summed E-state index contributed by atoms with van der Waals surface area (Å²) in [6, 6.07) is 9.60. The Hall–Kier alpha value is -1.91. The van der Waals surface area contributed by atoms with Crippen molar-refractivity contribution in [2.75, 3.05) is 6.54 Å². The van der Waals surface area contributed by atoms with Crippen LogP contribution in [0.15, 0.2) is 29.2 Å². The molecule has 2 rings (SSSR count). The van der Waals surface area contributed by atoms with Gasteiger partial charge in [-0.2, -0.15) is 0 Å². The summed E-state index contributed by atoms with van der Waals surface area (Å²) in [4.78, 5) is 0.262. The Morgan fingerprint density at radius 1 is 1.04 bits per heavy atom. The molecule has 0 N–H and O–H groups in total. The molecule has 25 heavy (non-hydrogen) atoms. The standard InChI is InChI=1S/C21H27NO2S/c1-3-4-17-22(18-9-8-12-20-10-6-5-7-11-20)25(23,24)21-15-13-19(2)14-16-21/h13-16,20H,3,5-7,10-12,18H2,1-2H3. The minimum absolute atomic E-state index is 0.121. The largest absolute Gasteiger partial charge is 0.271 e. The van der Waals surface area contributed by atoms with E-state index < -0.39 is 10.0 Å². The quantitative estimate of drug-likeness (QED) is 0.594. The van der Waals surface area contributed by atoms with Gasteiger partial charge in [0.1, 0.15) is 6.54 Å². The summed E-state index contributed by atoms with van der Waals surface area (Å²) in [5, 5.41) is 0. The molecular formula is C21H27NO2S. The molecule has 1 aliphatic rings. The highest BCUT2D eigenvalue weighted by Crippen LogP contribution is 2.25. The van der Waals surface area contributed by atoms with E-state index in [0.29, 0.717) is 12.3 Å². The van der Waals surface area contributed by atoms with Gasteiger partial charge in [-0.05, 0) is 37.8 Å². The molecule has 0 radical (unpaired) electrons. The molecule has 0 spiro atoms. The van der Waals surface area contributed by atoms with E-state index >= 15 is 0 Å². The summed E-state index contributed by atoms with van der Waals surface area (Å²) in [6.07, 6.45) is 7.88. The van der Waals surface area contributed by atoms with Crippen LogP contribution in [0.25, 0.3) is 0 Å². The molecule has 0 heterocycles. The lowest BCUT2D eigenvalue weighted by atomic mass is 9.87. The molecule has 0 aliphatic heterocycles. The second-order valence-electron chi connectivity index (χ2n) is 6.53. The van der Waals surface area contributed by atoms with Gasteiger partial charge in [-0.3, -0.25) is 0 Å². The molecule has 0 atom stereocenters. The minimum atomic E-state index is -3.64. The molecule has 3 nitrogen and oxygen atoms in total. The first kappa shape index (κ1) is 19.4. The highest BCUT2D eigenvalue weighted by molar-refractivity contribution is 7.89. The number of rotatable bonds is 4. The van der Waals surface area contributed by atoms with Crippen molar-refractivity contribution < 1.29 is 8.42 Å². The van der Waals surface area contributed by atoms with E-state index in [1.54, 1.807) is 24.3 Å². The van der Waals surface area contributed by atoms with Gasteiger partial charge in [-0.1, -0.05) is 55.7 Å². The van der Waals surface area contributed by atoms with E-state index in [9.17, 15) is 8.42 Å². The number of aryl methyl sites for hydroxylation is 1. The molecule has 4 heteroatoms. The van der Waals surface area contributed by atoms with Crippen LogP contribution >= 0.6 is 0 Å². The summed E-state index contributed by atoms with van der Waals surface area (Å²) < 4.78 is 26.8. The Morgan fingerprint density at radius 2 is 1.72 bits per heavy atom. The van der Waals surface area contributed by atoms with Crippen LogP contribution in [-0.4, -0.2) is 19.3 Å². The molecule has 0 saturated heterocycles. The van der Waals surface area contributed by atoms with Crippen molar-refractivity contribution in [1.29, 1.82) is 0 Å². The summed E-state index contributed by atoms with van der Waals surface area (Å²) in [5.74, 6) is 9.72. The Labute approximate surface area is 152 Å². The molecular weight excluding hydrogens is 330 g/mol. The molecule has 0 unspecified atom stereocenters. The number of hydrogen-bond donors (Lipinski definition) is 0. The maximum atomic E-state index is 12.8. The number of sulfonamides is 1. The molecule has 0 aromatic heterocycles. The van der Waals surface area contributed by atoms with Crippen molar-refractivity contribution in [2.24, 2.45) is 5.92 Å². The van der Waals surface area contributed by atoms with Crippen molar-refractivity contribution in [1.82, 2.24) is 4.31 Å². The van der Waals surface area contributed by atoms with E-state index in [0.717, 1.165) is 12.0 Å². The van der Waals surface area contributed by atoms with Gasteiger partial charge in [0, 0.05) is 18.9 Å². The summed E-state index contributed by atoms with van der Waals surface area (Å²) >= 11 is 0. The van der Waals surface area contributed by atoms with Crippen molar-refractivity contribution >= 4 is 10.0 Å². The third-order valence-corrected chi connectivity index (χ3v) is 6.12. The van der Waals surface area contributed by atoms with Gasteiger partial charge in [0.05, 0.1) is 4.90 Å². The van der Waals surface area contributed by atoms with E-state index in [1.807, 2.05) is 13.8 Å². The SMILES string of the molecule is CCC#CN(CC#CCC1CCCCC1)S(=O)(=O)c1ccc(C)cc1. The van der Waals surface area contributed by atoms with Crippen molar-refractivity contribution in [3.8, 4) is 23.8 Å². The average molecular weight is 358 g/mol. The van der Waals surface area contributed by atoms with Gasteiger partial charge in [-0.25, -0.2) is 12.7 Å². The van der Waals surface area contributed by atoms with Crippen LogP contribution in [-0.2, 0) is 10.0 Å². The normalized spacial score (nSPS) is 14.8. The van der Waals surface area contributed by atoms with Gasteiger partial charge in [-0.15, -0.1) is 5.92 Å². The molecule has 1 aliphatic carbocycles. The minimum Gasteiger partial charge on any atom is -0.212 e. The number of benzene rings is 1. The second kappa shape index (κ2) is 9.54. The maximum Gasteiger partial charge on any atom is 0.271 e. The molecule has 0 amide bonds. The van der Waals surface area contributed by atoms with Crippen LogP contribution < -0.4 is 0 Å². The van der Waals surface area contributed by atoms with Gasteiger partial charge < -0.3 is 0 Å². The zero-order chi connectivity index (χ0) is 18.1. The fourth-order valence-electron chi connectivity index (χ4n) is 2.92. The predicted molar refractivity (Wildman–Crippen MR) is 102 cm³/mol. The average Bonchev–Trinajstić information content (AvgIpc) is 2.62. The van der Waals surface area contributed by atoms with Crippen LogP contribution in [0, 0.1) is 36.6 Å². The topological polar surface area (TPSA) is 37.4 Å². The molecule has 1 fully saturated rings. The van der Waals surface area contributed by atoms with Crippen molar-refractivity contribution in [3.05, 3.63) is 29.8 Å². The highest BCUT2D eigenvalue weighted by Gasteiger charge is 2.21. The smallest absolute Gasteiger partial charge is 0.212 e. The first-order valence-electron chi connectivity index (χ1n) is 9.07. The van der Waals surface area contributed by atoms with Crippen LogP contribution in [0.3, 0.4) is 0 Å². The first-order valence-corrected chi connectivity index (χ1v) is 10.5. The van der Waals surface area contributed by atoms with Crippen LogP contribution in [0.4, 0.5) is 0 Å². The summed E-state index contributed by atoms with van der Waals surface area (Å²) in [7, 11) is -3.64. The van der Waals surface area contributed by atoms with Crippen LogP contribution in [0.2, 0.25) is 0 Å². The van der Waals surface area contributed by atoms with Gasteiger partial charge in [0.2, 0.25) is 0 Å². The van der Waals surface area contributed by atoms with E-state index in [-0.39, 0.29) is 11.4 Å². The summed E-state index contributed by atoms with van der Waals surface area (Å²) in [5.41, 5.74) is 1.03. The van der Waals surface area contributed by atoms with E-state index in [2.05, 4.69) is 23.8 Å². The predicted octanol–water partition coefficient (Wildman–Crippen LogP) is 4.33. The third-order valence-electron chi connectivity index (χ3n) is 4.45. The Balaban J connectivity index is 2.09. The van der Waals surface area contributed by atoms with Crippen molar-refractivity contribution in [2.45, 2.75) is 63.7 Å². The zero-order valence-corrected chi connectivity index (χ0v) is 16.0. The third kappa shape index (κ3) is 5.83. The summed E-state index contributed by atoms with van der Waals surface area (Å²) in [6.45, 7) is 3.95. The maximum absolute atomic E-state index is 12.8. The second-order valence-corrected chi connectivity index (χ2v) is 8.39. The lowest BCUT2D eigenvalue weighted by Crippen LogP contribution is -2.27. The lowest BCUT2D eigenvalue weighted by molar-refractivity contribution is 0.365. The first-order chi connectivity index (χ1) is 12.0. The van der Waals surface area contributed by atoms with Crippen LogP contribution in [0.5, 0.6) is 0 Å². The van der Waals surface area contributed by atoms with Crippen molar-refractivity contribution in [3.63, 3.8) is 0 Å². The Morgan fingerprint density at radius 3 is 2.36 bits per heavy atom. The highest BCUT2D eigenvalue weighted by atomic mass is 32.2. The molecule has 1 aromatic rings. The lowest BCUT2D eigenvalue weighted by Gasteiger charge is -2.19. The number of hydrogen-bond acceptors (Lipinski definition) is 2. The van der Waals surface area contributed by atoms with E-state index in [4.69, 9.17) is 0 Å². The monoisotopic (exact) mass is 357 g/mol. The van der Waals surface area contributed by atoms with Gasteiger partial charge >= 0.3 is 0 Å². The number of nitrogens with zero attached hydrogens (tertiary/aromatic N) is 1.